The summed E-state index contributed by atoms with van der Waals surface area (Å²) in [6.45, 7) is 2.21. The Labute approximate surface area is 122 Å². The minimum Gasteiger partial charge on any atom is -0.392 e. The molecule has 1 N–H and O–H groups in total. The lowest BCUT2D eigenvalue weighted by Gasteiger charge is -2.13. The lowest BCUT2D eigenvalue weighted by molar-refractivity contribution is 0.281. The first-order valence-corrected chi connectivity index (χ1v) is 7.49. The number of aliphatic hydroxyl groups is 1. The Hall–Kier alpha value is -1.12. The van der Waals surface area contributed by atoms with Gasteiger partial charge in [0.25, 0.3) is 0 Å². The van der Waals surface area contributed by atoms with Gasteiger partial charge in [-0.05, 0) is 59.6 Å². The highest BCUT2D eigenvalue weighted by molar-refractivity contribution is 9.10. The summed E-state index contributed by atoms with van der Waals surface area (Å²) in [6, 6.07) is 12.8. The van der Waals surface area contributed by atoms with Gasteiger partial charge in [0.1, 0.15) is 0 Å². The highest BCUT2D eigenvalue weighted by Crippen LogP contribution is 2.41. The van der Waals surface area contributed by atoms with E-state index in [1.165, 1.54) is 29.5 Å². The van der Waals surface area contributed by atoms with Crippen LogP contribution in [0.25, 0.3) is 11.1 Å². The molecule has 0 spiro atoms. The van der Waals surface area contributed by atoms with Crippen molar-refractivity contribution in [2.24, 2.45) is 0 Å². The van der Waals surface area contributed by atoms with Gasteiger partial charge in [0.2, 0.25) is 0 Å². The molecule has 1 nitrogen and oxygen atoms in total. The molecule has 0 aliphatic heterocycles. The molecule has 0 bridgehead atoms. The molecule has 0 amide bonds. The van der Waals surface area contributed by atoms with Gasteiger partial charge >= 0.3 is 0 Å². The summed E-state index contributed by atoms with van der Waals surface area (Å²) in [5, 5.41) is 9.57. The van der Waals surface area contributed by atoms with Crippen molar-refractivity contribution in [1.82, 2.24) is 0 Å². The van der Waals surface area contributed by atoms with Gasteiger partial charge in [-0.1, -0.05) is 46.3 Å². The first-order valence-electron chi connectivity index (χ1n) is 6.70. The van der Waals surface area contributed by atoms with Crippen LogP contribution >= 0.6 is 15.9 Å². The molecule has 19 heavy (non-hydrogen) atoms. The molecule has 1 fully saturated rings. The first-order chi connectivity index (χ1) is 9.20. The van der Waals surface area contributed by atoms with Crippen molar-refractivity contribution in [3.05, 3.63) is 57.6 Å². The van der Waals surface area contributed by atoms with Crippen molar-refractivity contribution in [3.63, 3.8) is 0 Å². The number of hydrogen-bond acceptors (Lipinski definition) is 1. The van der Waals surface area contributed by atoms with Gasteiger partial charge in [0, 0.05) is 4.47 Å². The second kappa shape index (κ2) is 5.10. The van der Waals surface area contributed by atoms with Gasteiger partial charge in [-0.3, -0.25) is 0 Å². The molecular formula is C17H17BrO. The van der Waals surface area contributed by atoms with Crippen molar-refractivity contribution in [2.75, 3.05) is 0 Å². The van der Waals surface area contributed by atoms with Gasteiger partial charge in [0.15, 0.2) is 0 Å². The average molecular weight is 317 g/mol. The molecule has 0 atom stereocenters. The highest BCUT2D eigenvalue weighted by atomic mass is 79.9. The number of halogens is 1. The van der Waals surface area contributed by atoms with Gasteiger partial charge in [-0.2, -0.15) is 0 Å². The second-order valence-electron chi connectivity index (χ2n) is 5.27. The lowest BCUT2D eigenvalue weighted by Crippen LogP contribution is -1.94. The number of aliphatic hydroxyl groups excluding tert-OH is 1. The average Bonchev–Trinajstić information content (AvgIpc) is 3.22. The quantitative estimate of drug-likeness (QED) is 0.862. The van der Waals surface area contributed by atoms with E-state index < -0.39 is 0 Å². The monoisotopic (exact) mass is 316 g/mol. The third-order valence-corrected chi connectivity index (χ3v) is 4.61. The molecule has 0 radical (unpaired) electrons. The van der Waals surface area contributed by atoms with E-state index in [0.29, 0.717) is 0 Å². The maximum absolute atomic E-state index is 9.57. The largest absolute Gasteiger partial charge is 0.392 e. The third-order valence-electron chi connectivity index (χ3n) is 3.87. The van der Waals surface area contributed by atoms with E-state index in [2.05, 4.69) is 47.1 Å². The molecule has 2 aromatic rings. The Balaban J connectivity index is 2.09. The first kappa shape index (κ1) is 12.9. The smallest absolute Gasteiger partial charge is 0.0698 e. The zero-order valence-corrected chi connectivity index (χ0v) is 12.6. The van der Waals surface area contributed by atoms with Crippen molar-refractivity contribution < 1.29 is 5.11 Å². The van der Waals surface area contributed by atoms with E-state index in [-0.39, 0.29) is 6.61 Å². The van der Waals surface area contributed by atoms with Crippen molar-refractivity contribution >= 4 is 15.9 Å². The minimum absolute atomic E-state index is 0.0561. The number of benzene rings is 2. The number of hydrogen-bond donors (Lipinski definition) is 1. The fourth-order valence-corrected chi connectivity index (χ4v) is 3.12. The van der Waals surface area contributed by atoms with Crippen LogP contribution in [0.4, 0.5) is 0 Å². The molecule has 0 unspecified atom stereocenters. The van der Waals surface area contributed by atoms with Gasteiger partial charge in [-0.15, -0.1) is 0 Å². The molecule has 1 aliphatic rings. The van der Waals surface area contributed by atoms with Crippen molar-refractivity contribution in [2.45, 2.75) is 32.3 Å². The molecule has 2 heteroatoms. The molecule has 1 aliphatic carbocycles. The molecule has 3 rings (SSSR count). The maximum atomic E-state index is 9.57. The molecular weight excluding hydrogens is 300 g/mol. The van der Waals surface area contributed by atoms with Crippen LogP contribution in [0.2, 0.25) is 0 Å². The predicted octanol–water partition coefficient (Wildman–Crippen LogP) is 4.79. The van der Waals surface area contributed by atoms with Crippen LogP contribution in [0.15, 0.2) is 40.9 Å². The zero-order chi connectivity index (χ0) is 13.4. The fourth-order valence-electron chi connectivity index (χ4n) is 2.63. The number of aryl methyl sites for hydroxylation is 1. The van der Waals surface area contributed by atoms with Crippen LogP contribution in [0, 0.1) is 6.92 Å². The van der Waals surface area contributed by atoms with Gasteiger partial charge in [-0.25, -0.2) is 0 Å². The summed E-state index contributed by atoms with van der Waals surface area (Å²) in [5.74, 6) is 0.785. The van der Waals surface area contributed by atoms with Crippen LogP contribution in [0.3, 0.4) is 0 Å². The van der Waals surface area contributed by atoms with Crippen LogP contribution in [-0.2, 0) is 6.61 Å². The van der Waals surface area contributed by atoms with Gasteiger partial charge in [0.05, 0.1) is 6.61 Å². The summed E-state index contributed by atoms with van der Waals surface area (Å²) in [5.41, 5.74) is 6.05. The number of rotatable bonds is 3. The zero-order valence-electron chi connectivity index (χ0n) is 11.0. The molecule has 98 valence electrons. The van der Waals surface area contributed by atoms with E-state index in [1.807, 2.05) is 12.1 Å². The van der Waals surface area contributed by atoms with E-state index in [9.17, 15) is 5.11 Å². The molecule has 0 heterocycles. The van der Waals surface area contributed by atoms with Gasteiger partial charge < -0.3 is 5.11 Å². The Morgan fingerprint density at radius 3 is 2.58 bits per heavy atom. The van der Waals surface area contributed by atoms with E-state index in [1.54, 1.807) is 0 Å². The van der Waals surface area contributed by atoms with Crippen molar-refractivity contribution in [1.29, 1.82) is 0 Å². The Morgan fingerprint density at radius 2 is 1.95 bits per heavy atom. The van der Waals surface area contributed by atoms with E-state index in [4.69, 9.17) is 0 Å². The Kier molecular flexibility index (Phi) is 3.46. The normalized spacial score (nSPS) is 14.7. The SMILES string of the molecule is Cc1cc(C2CC2)ccc1-c1cccc(Br)c1CO. The molecule has 0 aromatic heterocycles. The molecule has 0 saturated heterocycles. The summed E-state index contributed by atoms with van der Waals surface area (Å²) in [4.78, 5) is 0. The minimum atomic E-state index is 0.0561. The molecule has 1 saturated carbocycles. The van der Waals surface area contributed by atoms with Crippen LogP contribution in [0.1, 0.15) is 35.4 Å². The summed E-state index contributed by atoms with van der Waals surface area (Å²) >= 11 is 3.52. The summed E-state index contributed by atoms with van der Waals surface area (Å²) in [7, 11) is 0. The van der Waals surface area contributed by atoms with Crippen LogP contribution < -0.4 is 0 Å². The summed E-state index contributed by atoms with van der Waals surface area (Å²) < 4.78 is 0.971. The lowest BCUT2D eigenvalue weighted by atomic mass is 9.94. The molecule has 2 aromatic carbocycles. The summed E-state index contributed by atoms with van der Waals surface area (Å²) in [6.07, 6.45) is 2.66. The third kappa shape index (κ3) is 2.47. The predicted molar refractivity (Wildman–Crippen MR) is 82.2 cm³/mol. The van der Waals surface area contributed by atoms with Crippen LogP contribution in [-0.4, -0.2) is 5.11 Å². The highest BCUT2D eigenvalue weighted by Gasteiger charge is 2.23. The van der Waals surface area contributed by atoms with E-state index >= 15 is 0 Å². The fraction of sp³-hybridized carbons (Fsp3) is 0.294. The second-order valence-corrected chi connectivity index (χ2v) is 6.13. The van der Waals surface area contributed by atoms with Crippen LogP contribution in [0.5, 0.6) is 0 Å². The van der Waals surface area contributed by atoms with Crippen molar-refractivity contribution in [3.8, 4) is 11.1 Å². The Bertz CT molecular complexity index is 615. The maximum Gasteiger partial charge on any atom is 0.0698 e. The Morgan fingerprint density at radius 1 is 1.16 bits per heavy atom. The topological polar surface area (TPSA) is 20.2 Å². The standard InChI is InChI=1S/C17H17BrO/c1-11-9-13(12-5-6-12)7-8-14(11)15-3-2-4-17(18)16(15)10-19/h2-4,7-9,12,19H,5-6,10H2,1H3. The van der Waals surface area contributed by atoms with E-state index in [0.717, 1.165) is 21.5 Å².